The Morgan fingerprint density at radius 3 is 2.63 bits per heavy atom. The molecule has 19 heavy (non-hydrogen) atoms. The molecule has 0 aliphatic carbocycles. The SMILES string of the molecule is CCNC(=NCC(CC)CC)N(C)CC1CCOC1. The van der Waals surface area contributed by atoms with Gasteiger partial charge in [-0.2, -0.15) is 0 Å². The average Bonchev–Trinajstić information content (AvgIpc) is 2.91. The van der Waals surface area contributed by atoms with E-state index < -0.39 is 0 Å². The molecule has 0 aromatic carbocycles. The minimum atomic E-state index is 0.655. The van der Waals surface area contributed by atoms with Gasteiger partial charge in [0.15, 0.2) is 5.96 Å². The lowest BCUT2D eigenvalue weighted by Crippen LogP contribution is -2.41. The standard InChI is InChI=1S/C15H31N3O/c1-5-13(6-2)10-17-15(16-7-3)18(4)11-14-8-9-19-12-14/h13-14H,5-12H2,1-4H3,(H,16,17). The molecule has 4 nitrogen and oxygen atoms in total. The Morgan fingerprint density at radius 1 is 1.37 bits per heavy atom. The van der Waals surface area contributed by atoms with E-state index in [1.54, 1.807) is 0 Å². The summed E-state index contributed by atoms with van der Waals surface area (Å²) < 4.78 is 5.44. The van der Waals surface area contributed by atoms with E-state index >= 15 is 0 Å². The second kappa shape index (κ2) is 9.18. The maximum atomic E-state index is 5.44. The first kappa shape index (κ1) is 16.3. The fourth-order valence-corrected chi connectivity index (χ4v) is 2.43. The van der Waals surface area contributed by atoms with Crippen molar-refractivity contribution in [2.24, 2.45) is 16.8 Å². The highest BCUT2D eigenvalue weighted by molar-refractivity contribution is 5.79. The molecule has 1 aliphatic heterocycles. The molecule has 1 rings (SSSR count). The molecule has 1 unspecified atom stereocenters. The number of nitrogens with one attached hydrogen (secondary N) is 1. The quantitative estimate of drug-likeness (QED) is 0.569. The number of ether oxygens (including phenoxy) is 1. The van der Waals surface area contributed by atoms with Gasteiger partial charge in [-0.1, -0.05) is 26.7 Å². The van der Waals surface area contributed by atoms with Crippen molar-refractivity contribution >= 4 is 5.96 Å². The summed E-state index contributed by atoms with van der Waals surface area (Å²) >= 11 is 0. The van der Waals surface area contributed by atoms with Crippen LogP contribution in [0.15, 0.2) is 4.99 Å². The topological polar surface area (TPSA) is 36.9 Å². The van der Waals surface area contributed by atoms with Crippen LogP contribution in [0, 0.1) is 11.8 Å². The van der Waals surface area contributed by atoms with Crippen LogP contribution in [0.25, 0.3) is 0 Å². The summed E-state index contributed by atoms with van der Waals surface area (Å²) in [6.07, 6.45) is 3.59. The van der Waals surface area contributed by atoms with Crippen molar-refractivity contribution in [2.75, 3.05) is 39.9 Å². The summed E-state index contributed by atoms with van der Waals surface area (Å²) in [5.74, 6) is 2.40. The number of hydrogen-bond donors (Lipinski definition) is 1. The summed E-state index contributed by atoms with van der Waals surface area (Å²) in [7, 11) is 2.13. The Labute approximate surface area is 118 Å². The Balaban J connectivity index is 2.50. The van der Waals surface area contributed by atoms with Gasteiger partial charge < -0.3 is 15.0 Å². The predicted molar refractivity (Wildman–Crippen MR) is 81.6 cm³/mol. The van der Waals surface area contributed by atoms with Crippen LogP contribution in [0.3, 0.4) is 0 Å². The summed E-state index contributed by atoms with van der Waals surface area (Å²) in [5.41, 5.74) is 0. The Kier molecular flexibility index (Phi) is 7.87. The number of aliphatic imine (C=N–C) groups is 1. The van der Waals surface area contributed by atoms with Gasteiger partial charge in [-0.3, -0.25) is 4.99 Å². The molecular weight excluding hydrogens is 238 g/mol. The van der Waals surface area contributed by atoms with E-state index in [0.29, 0.717) is 11.8 Å². The largest absolute Gasteiger partial charge is 0.381 e. The van der Waals surface area contributed by atoms with Gasteiger partial charge in [-0.25, -0.2) is 0 Å². The zero-order valence-corrected chi connectivity index (χ0v) is 13.1. The van der Waals surface area contributed by atoms with E-state index in [-0.39, 0.29) is 0 Å². The molecule has 1 heterocycles. The van der Waals surface area contributed by atoms with Gasteiger partial charge in [-0.15, -0.1) is 0 Å². The molecule has 0 amide bonds. The summed E-state index contributed by atoms with van der Waals surface area (Å²) in [5, 5.41) is 3.39. The van der Waals surface area contributed by atoms with Gasteiger partial charge in [0, 0.05) is 39.2 Å². The van der Waals surface area contributed by atoms with E-state index in [4.69, 9.17) is 9.73 Å². The number of nitrogens with zero attached hydrogens (tertiary/aromatic N) is 2. The number of hydrogen-bond acceptors (Lipinski definition) is 2. The molecule has 112 valence electrons. The smallest absolute Gasteiger partial charge is 0.193 e. The van der Waals surface area contributed by atoms with Crippen molar-refractivity contribution in [2.45, 2.75) is 40.0 Å². The maximum absolute atomic E-state index is 5.44. The van der Waals surface area contributed by atoms with Crippen LogP contribution in [-0.2, 0) is 4.74 Å². The third kappa shape index (κ3) is 5.81. The Morgan fingerprint density at radius 2 is 2.11 bits per heavy atom. The summed E-state index contributed by atoms with van der Waals surface area (Å²) in [6.45, 7) is 11.3. The van der Waals surface area contributed by atoms with Crippen LogP contribution in [0.4, 0.5) is 0 Å². The molecule has 4 heteroatoms. The molecule has 1 fully saturated rings. The zero-order valence-electron chi connectivity index (χ0n) is 13.1. The van der Waals surface area contributed by atoms with Crippen molar-refractivity contribution in [1.82, 2.24) is 10.2 Å². The molecule has 1 N–H and O–H groups in total. The highest BCUT2D eigenvalue weighted by Gasteiger charge is 2.19. The minimum Gasteiger partial charge on any atom is -0.381 e. The van der Waals surface area contributed by atoms with Crippen molar-refractivity contribution in [1.29, 1.82) is 0 Å². The van der Waals surface area contributed by atoms with E-state index in [1.165, 1.54) is 19.3 Å². The van der Waals surface area contributed by atoms with Gasteiger partial charge in [0.05, 0.1) is 6.61 Å². The average molecular weight is 269 g/mol. The zero-order chi connectivity index (χ0) is 14.1. The highest BCUT2D eigenvalue weighted by atomic mass is 16.5. The number of guanidine groups is 1. The molecule has 0 saturated carbocycles. The fourth-order valence-electron chi connectivity index (χ4n) is 2.43. The molecule has 0 aromatic rings. The van der Waals surface area contributed by atoms with Crippen LogP contribution in [0.1, 0.15) is 40.0 Å². The van der Waals surface area contributed by atoms with Crippen molar-refractivity contribution < 1.29 is 4.74 Å². The molecular formula is C15H31N3O. The highest BCUT2D eigenvalue weighted by Crippen LogP contribution is 2.13. The van der Waals surface area contributed by atoms with E-state index in [0.717, 1.165) is 38.8 Å². The Bertz CT molecular complexity index is 258. The molecule has 1 aliphatic rings. The first-order valence-electron chi connectivity index (χ1n) is 7.78. The fraction of sp³-hybridized carbons (Fsp3) is 0.933. The number of rotatable bonds is 7. The third-order valence-corrected chi connectivity index (χ3v) is 3.91. The van der Waals surface area contributed by atoms with E-state index in [2.05, 4.69) is 38.0 Å². The lowest BCUT2D eigenvalue weighted by molar-refractivity contribution is 0.181. The van der Waals surface area contributed by atoms with Crippen LogP contribution >= 0.6 is 0 Å². The normalized spacial score (nSPS) is 20.1. The summed E-state index contributed by atoms with van der Waals surface area (Å²) in [6, 6.07) is 0. The lowest BCUT2D eigenvalue weighted by Gasteiger charge is -2.25. The molecule has 0 aromatic heterocycles. The first-order valence-corrected chi connectivity index (χ1v) is 7.78. The van der Waals surface area contributed by atoms with E-state index in [1.807, 2.05) is 0 Å². The second-order valence-electron chi connectivity index (χ2n) is 5.49. The Hall–Kier alpha value is -0.770. The van der Waals surface area contributed by atoms with Crippen LogP contribution < -0.4 is 5.32 Å². The maximum Gasteiger partial charge on any atom is 0.193 e. The third-order valence-electron chi connectivity index (χ3n) is 3.91. The predicted octanol–water partition coefficient (Wildman–Crippen LogP) is 2.36. The molecule has 1 atom stereocenters. The van der Waals surface area contributed by atoms with Gasteiger partial charge >= 0.3 is 0 Å². The second-order valence-corrected chi connectivity index (χ2v) is 5.49. The molecule has 0 radical (unpaired) electrons. The van der Waals surface area contributed by atoms with Crippen molar-refractivity contribution in [3.8, 4) is 0 Å². The lowest BCUT2D eigenvalue weighted by atomic mass is 10.0. The molecule has 0 bridgehead atoms. The molecule has 1 saturated heterocycles. The first-order chi connectivity index (χ1) is 9.21. The van der Waals surface area contributed by atoms with Gasteiger partial charge in [0.25, 0.3) is 0 Å². The van der Waals surface area contributed by atoms with Gasteiger partial charge in [-0.05, 0) is 19.3 Å². The van der Waals surface area contributed by atoms with Crippen LogP contribution in [0.2, 0.25) is 0 Å². The molecule has 0 spiro atoms. The van der Waals surface area contributed by atoms with Gasteiger partial charge in [0.2, 0.25) is 0 Å². The minimum absolute atomic E-state index is 0.655. The van der Waals surface area contributed by atoms with Gasteiger partial charge in [0.1, 0.15) is 0 Å². The van der Waals surface area contributed by atoms with E-state index in [9.17, 15) is 0 Å². The van der Waals surface area contributed by atoms with Crippen LogP contribution in [-0.4, -0.2) is 50.8 Å². The summed E-state index contributed by atoms with van der Waals surface area (Å²) in [4.78, 5) is 7.04. The monoisotopic (exact) mass is 269 g/mol. The van der Waals surface area contributed by atoms with Crippen molar-refractivity contribution in [3.63, 3.8) is 0 Å². The van der Waals surface area contributed by atoms with Crippen molar-refractivity contribution in [3.05, 3.63) is 0 Å². The van der Waals surface area contributed by atoms with Crippen LogP contribution in [0.5, 0.6) is 0 Å².